The van der Waals surface area contributed by atoms with Gasteiger partial charge in [-0.15, -0.1) is 0 Å². The molecule has 0 fully saturated rings. The third-order valence-corrected chi connectivity index (χ3v) is 4.49. The molecule has 0 unspecified atom stereocenters. The minimum atomic E-state index is -1.16. The Balaban J connectivity index is 1.85. The Kier molecular flexibility index (Phi) is 8.83. The van der Waals surface area contributed by atoms with Gasteiger partial charge in [-0.05, 0) is 43.0 Å². The number of rotatable bonds is 9. The lowest BCUT2D eigenvalue weighted by Crippen LogP contribution is -2.42. The fraction of sp³-hybridized carbons (Fsp3) is 0.318. The first-order valence-corrected chi connectivity index (χ1v) is 9.72. The standard InChI is InChI=1S/C22H27N3O6/c1-13(26)19(25)22(29)30-16-9-7-15(8-10-16)12-18(24)21(28)31-20(27)17(23)11-14-5-3-2-4-6-14/h2-10,13,17-19,26H,11-12,23-25H2,1H3/t13-,17+,18+,19+/m1/s1. The number of hydrogen-bond acceptors (Lipinski definition) is 9. The molecule has 0 amide bonds. The van der Waals surface area contributed by atoms with Crippen molar-refractivity contribution in [3.05, 3.63) is 65.7 Å². The second-order valence-corrected chi connectivity index (χ2v) is 7.18. The molecule has 0 aliphatic heterocycles. The van der Waals surface area contributed by atoms with E-state index in [4.69, 9.17) is 26.7 Å². The van der Waals surface area contributed by atoms with E-state index in [1.165, 1.54) is 19.1 Å². The number of aliphatic hydroxyl groups is 1. The lowest BCUT2D eigenvalue weighted by atomic mass is 10.1. The van der Waals surface area contributed by atoms with Gasteiger partial charge in [0.05, 0.1) is 6.10 Å². The SMILES string of the molecule is C[C@@H](O)[C@H](N)C(=O)Oc1ccc(C[C@H](N)C(=O)OC(=O)[C@@H](N)Cc2ccccc2)cc1. The topological polar surface area (TPSA) is 168 Å². The van der Waals surface area contributed by atoms with E-state index in [2.05, 4.69) is 0 Å². The van der Waals surface area contributed by atoms with Crippen LogP contribution in [0.3, 0.4) is 0 Å². The lowest BCUT2D eigenvalue weighted by Gasteiger charge is -2.15. The molecule has 9 nitrogen and oxygen atoms in total. The van der Waals surface area contributed by atoms with E-state index in [-0.39, 0.29) is 18.6 Å². The molecular formula is C22H27N3O6. The van der Waals surface area contributed by atoms with Crippen molar-refractivity contribution < 1.29 is 29.0 Å². The van der Waals surface area contributed by atoms with Crippen molar-refractivity contribution >= 4 is 17.9 Å². The maximum Gasteiger partial charge on any atom is 0.330 e. The molecule has 0 aliphatic rings. The van der Waals surface area contributed by atoms with Crippen molar-refractivity contribution in [3.63, 3.8) is 0 Å². The van der Waals surface area contributed by atoms with Crippen molar-refractivity contribution in [2.75, 3.05) is 0 Å². The Labute approximate surface area is 180 Å². The predicted octanol–water partition coefficient (Wildman–Crippen LogP) is -0.190. The van der Waals surface area contributed by atoms with Crippen LogP contribution in [0, 0.1) is 0 Å². The largest absolute Gasteiger partial charge is 0.425 e. The van der Waals surface area contributed by atoms with E-state index < -0.39 is 42.1 Å². The molecule has 0 bridgehead atoms. The van der Waals surface area contributed by atoms with E-state index >= 15 is 0 Å². The Morgan fingerprint density at radius 1 is 0.806 bits per heavy atom. The van der Waals surface area contributed by atoms with Crippen LogP contribution in [0.5, 0.6) is 5.75 Å². The quantitative estimate of drug-likeness (QED) is 0.240. The van der Waals surface area contributed by atoms with Crippen LogP contribution in [0.4, 0.5) is 0 Å². The van der Waals surface area contributed by atoms with E-state index in [9.17, 15) is 19.5 Å². The van der Waals surface area contributed by atoms with Crippen molar-refractivity contribution in [3.8, 4) is 5.75 Å². The molecule has 0 heterocycles. The highest BCUT2D eigenvalue weighted by Crippen LogP contribution is 2.14. The summed E-state index contributed by atoms with van der Waals surface area (Å²) in [7, 11) is 0. The minimum absolute atomic E-state index is 0.0987. The van der Waals surface area contributed by atoms with Crippen LogP contribution >= 0.6 is 0 Å². The zero-order chi connectivity index (χ0) is 23.0. The number of carbonyl (C=O) groups is 3. The summed E-state index contributed by atoms with van der Waals surface area (Å²) >= 11 is 0. The average molecular weight is 429 g/mol. The fourth-order valence-electron chi connectivity index (χ4n) is 2.61. The van der Waals surface area contributed by atoms with Crippen molar-refractivity contribution in [2.45, 2.75) is 44.0 Å². The van der Waals surface area contributed by atoms with Gasteiger partial charge >= 0.3 is 17.9 Å². The Morgan fingerprint density at radius 3 is 1.77 bits per heavy atom. The highest BCUT2D eigenvalue weighted by atomic mass is 16.6. The molecule has 31 heavy (non-hydrogen) atoms. The minimum Gasteiger partial charge on any atom is -0.425 e. The van der Waals surface area contributed by atoms with Crippen LogP contribution in [0.2, 0.25) is 0 Å². The zero-order valence-electron chi connectivity index (χ0n) is 17.1. The number of nitrogens with two attached hydrogens (primary N) is 3. The number of carbonyl (C=O) groups excluding carboxylic acids is 3. The highest BCUT2D eigenvalue weighted by molar-refractivity contribution is 5.91. The highest BCUT2D eigenvalue weighted by Gasteiger charge is 2.24. The second kappa shape index (κ2) is 11.3. The van der Waals surface area contributed by atoms with Crippen LogP contribution in [0.1, 0.15) is 18.1 Å². The third-order valence-electron chi connectivity index (χ3n) is 4.49. The first kappa shape index (κ1) is 24.2. The van der Waals surface area contributed by atoms with Gasteiger partial charge in [0, 0.05) is 0 Å². The summed E-state index contributed by atoms with van der Waals surface area (Å²) in [5.41, 5.74) is 18.7. The first-order chi connectivity index (χ1) is 14.7. The normalized spacial score (nSPS) is 14.7. The molecule has 0 spiro atoms. The number of aliphatic hydroxyl groups excluding tert-OH is 1. The molecule has 7 N–H and O–H groups in total. The van der Waals surface area contributed by atoms with Gasteiger partial charge in [-0.2, -0.15) is 0 Å². The summed E-state index contributed by atoms with van der Waals surface area (Å²) in [5.74, 6) is -2.27. The van der Waals surface area contributed by atoms with E-state index in [1.807, 2.05) is 30.3 Å². The van der Waals surface area contributed by atoms with Crippen LogP contribution in [-0.4, -0.2) is 47.2 Å². The summed E-state index contributed by atoms with van der Waals surface area (Å²) < 4.78 is 9.88. The van der Waals surface area contributed by atoms with Gasteiger partial charge in [0.2, 0.25) is 0 Å². The predicted molar refractivity (Wildman–Crippen MR) is 113 cm³/mol. The maximum absolute atomic E-state index is 12.1. The summed E-state index contributed by atoms with van der Waals surface area (Å²) in [6.45, 7) is 1.38. The fourth-order valence-corrected chi connectivity index (χ4v) is 2.61. The summed E-state index contributed by atoms with van der Waals surface area (Å²) in [6, 6.07) is 12.1. The molecule has 2 rings (SSSR count). The van der Waals surface area contributed by atoms with Gasteiger partial charge in [0.25, 0.3) is 0 Å². The summed E-state index contributed by atoms with van der Waals surface area (Å²) in [6.07, 6.45) is -0.706. The molecule has 0 saturated carbocycles. The lowest BCUT2D eigenvalue weighted by molar-refractivity contribution is -0.161. The third kappa shape index (κ3) is 7.58. The van der Waals surface area contributed by atoms with Gasteiger partial charge in [-0.1, -0.05) is 42.5 Å². The van der Waals surface area contributed by atoms with Crippen molar-refractivity contribution in [1.82, 2.24) is 0 Å². The van der Waals surface area contributed by atoms with Gasteiger partial charge in [0.15, 0.2) is 0 Å². The van der Waals surface area contributed by atoms with Crippen LogP contribution in [0.15, 0.2) is 54.6 Å². The van der Waals surface area contributed by atoms with Gasteiger partial charge < -0.3 is 31.8 Å². The molecule has 0 aliphatic carbocycles. The molecule has 4 atom stereocenters. The number of ether oxygens (including phenoxy) is 2. The molecule has 0 saturated heterocycles. The molecular weight excluding hydrogens is 402 g/mol. The monoisotopic (exact) mass is 429 g/mol. The van der Waals surface area contributed by atoms with Crippen molar-refractivity contribution in [1.29, 1.82) is 0 Å². The Morgan fingerprint density at radius 2 is 1.29 bits per heavy atom. The number of hydrogen-bond donors (Lipinski definition) is 4. The van der Waals surface area contributed by atoms with E-state index in [1.54, 1.807) is 12.1 Å². The maximum atomic E-state index is 12.1. The molecule has 9 heteroatoms. The molecule has 166 valence electrons. The average Bonchev–Trinajstić information content (AvgIpc) is 2.74. The first-order valence-electron chi connectivity index (χ1n) is 9.72. The van der Waals surface area contributed by atoms with Crippen LogP contribution in [0.25, 0.3) is 0 Å². The van der Waals surface area contributed by atoms with E-state index in [0.717, 1.165) is 5.56 Å². The van der Waals surface area contributed by atoms with E-state index in [0.29, 0.717) is 5.56 Å². The molecule has 2 aromatic carbocycles. The van der Waals surface area contributed by atoms with Gasteiger partial charge in [0.1, 0.15) is 23.9 Å². The van der Waals surface area contributed by atoms with Crippen LogP contribution < -0.4 is 21.9 Å². The number of benzene rings is 2. The zero-order valence-corrected chi connectivity index (χ0v) is 17.1. The molecule has 0 radical (unpaired) electrons. The summed E-state index contributed by atoms with van der Waals surface area (Å²) in [5, 5.41) is 9.32. The molecule has 2 aromatic rings. The summed E-state index contributed by atoms with van der Waals surface area (Å²) in [4.78, 5) is 35.9. The Hall–Kier alpha value is -3.11. The second-order valence-electron chi connectivity index (χ2n) is 7.18. The smallest absolute Gasteiger partial charge is 0.330 e. The number of esters is 3. The van der Waals surface area contributed by atoms with Crippen molar-refractivity contribution in [2.24, 2.45) is 17.2 Å². The Bertz CT molecular complexity index is 886. The van der Waals surface area contributed by atoms with Crippen LogP contribution in [-0.2, 0) is 32.0 Å². The van der Waals surface area contributed by atoms with Gasteiger partial charge in [-0.3, -0.25) is 0 Å². The van der Waals surface area contributed by atoms with Gasteiger partial charge in [-0.25, -0.2) is 14.4 Å². The molecule has 0 aromatic heterocycles.